The van der Waals surface area contributed by atoms with E-state index in [1.165, 1.54) is 6.07 Å². The molecule has 1 rings (SSSR count). The van der Waals surface area contributed by atoms with E-state index in [-0.39, 0.29) is 5.82 Å². The SMILES string of the molecule is CC(C)CN(c1cc(Br)c(F)cc1N)C(C)C. The molecule has 0 heterocycles. The average Bonchev–Trinajstić information content (AvgIpc) is 2.20. The fourth-order valence-corrected chi connectivity index (χ4v) is 2.11. The maximum atomic E-state index is 13.3. The molecule has 96 valence electrons. The Hall–Kier alpha value is -0.770. The molecule has 0 radical (unpaired) electrons. The summed E-state index contributed by atoms with van der Waals surface area (Å²) in [6, 6.07) is 3.46. The molecule has 0 aliphatic heterocycles. The first-order valence-corrected chi connectivity index (χ1v) is 6.63. The van der Waals surface area contributed by atoms with Crippen molar-refractivity contribution in [2.24, 2.45) is 5.92 Å². The number of hydrogen-bond donors (Lipinski definition) is 1. The number of hydrogen-bond acceptors (Lipinski definition) is 2. The van der Waals surface area contributed by atoms with Crippen LogP contribution >= 0.6 is 15.9 Å². The van der Waals surface area contributed by atoms with Gasteiger partial charge in [0.05, 0.1) is 15.8 Å². The van der Waals surface area contributed by atoms with E-state index in [1.807, 2.05) is 0 Å². The molecular weight excluding hydrogens is 283 g/mol. The highest BCUT2D eigenvalue weighted by atomic mass is 79.9. The summed E-state index contributed by atoms with van der Waals surface area (Å²) in [7, 11) is 0. The number of nitrogen functional groups attached to an aromatic ring is 1. The second kappa shape index (κ2) is 5.71. The minimum atomic E-state index is -0.320. The molecular formula is C13H20BrFN2. The second-order valence-electron chi connectivity index (χ2n) is 4.97. The lowest BCUT2D eigenvalue weighted by atomic mass is 10.1. The molecule has 1 aromatic carbocycles. The summed E-state index contributed by atoms with van der Waals surface area (Å²) in [5, 5.41) is 0. The van der Waals surface area contributed by atoms with E-state index in [2.05, 4.69) is 48.5 Å². The van der Waals surface area contributed by atoms with Gasteiger partial charge in [0, 0.05) is 18.7 Å². The number of nitrogens with two attached hydrogens (primary N) is 1. The van der Waals surface area contributed by atoms with Crippen molar-refractivity contribution in [2.45, 2.75) is 33.7 Å². The zero-order chi connectivity index (χ0) is 13.2. The minimum absolute atomic E-state index is 0.320. The molecule has 0 atom stereocenters. The van der Waals surface area contributed by atoms with Crippen LogP contribution in [0.4, 0.5) is 15.8 Å². The lowest BCUT2D eigenvalue weighted by Crippen LogP contribution is -2.34. The fourth-order valence-electron chi connectivity index (χ4n) is 1.78. The van der Waals surface area contributed by atoms with E-state index >= 15 is 0 Å². The van der Waals surface area contributed by atoms with Gasteiger partial charge in [-0.1, -0.05) is 13.8 Å². The lowest BCUT2D eigenvalue weighted by Gasteiger charge is -2.32. The van der Waals surface area contributed by atoms with Crippen LogP contribution in [0.15, 0.2) is 16.6 Å². The van der Waals surface area contributed by atoms with Crippen molar-refractivity contribution in [1.82, 2.24) is 0 Å². The Morgan fingerprint density at radius 1 is 1.29 bits per heavy atom. The normalized spacial score (nSPS) is 11.3. The predicted molar refractivity (Wildman–Crippen MR) is 75.8 cm³/mol. The highest BCUT2D eigenvalue weighted by Crippen LogP contribution is 2.31. The van der Waals surface area contributed by atoms with Gasteiger partial charge >= 0.3 is 0 Å². The van der Waals surface area contributed by atoms with Gasteiger partial charge in [-0.05, 0) is 41.8 Å². The van der Waals surface area contributed by atoms with Crippen LogP contribution in [-0.4, -0.2) is 12.6 Å². The molecule has 0 spiro atoms. The molecule has 0 aliphatic rings. The molecule has 0 unspecified atom stereocenters. The monoisotopic (exact) mass is 302 g/mol. The summed E-state index contributed by atoms with van der Waals surface area (Å²) in [5.74, 6) is 0.208. The topological polar surface area (TPSA) is 29.3 Å². The summed E-state index contributed by atoms with van der Waals surface area (Å²) in [6.45, 7) is 9.44. The van der Waals surface area contributed by atoms with Gasteiger partial charge in [0.15, 0.2) is 0 Å². The fraction of sp³-hybridized carbons (Fsp3) is 0.538. The van der Waals surface area contributed by atoms with E-state index in [0.29, 0.717) is 22.1 Å². The van der Waals surface area contributed by atoms with Crippen molar-refractivity contribution < 1.29 is 4.39 Å². The van der Waals surface area contributed by atoms with Gasteiger partial charge in [0.2, 0.25) is 0 Å². The Balaban J connectivity index is 3.14. The minimum Gasteiger partial charge on any atom is -0.397 e. The smallest absolute Gasteiger partial charge is 0.139 e. The summed E-state index contributed by atoms with van der Waals surface area (Å²) in [5.41, 5.74) is 7.28. The Labute approximate surface area is 111 Å². The Kier molecular flexibility index (Phi) is 4.80. The molecule has 2 N–H and O–H groups in total. The van der Waals surface area contributed by atoms with Gasteiger partial charge in [0.1, 0.15) is 5.82 Å². The maximum absolute atomic E-state index is 13.3. The van der Waals surface area contributed by atoms with Crippen molar-refractivity contribution in [3.8, 4) is 0 Å². The lowest BCUT2D eigenvalue weighted by molar-refractivity contribution is 0.570. The van der Waals surface area contributed by atoms with E-state index in [1.54, 1.807) is 6.07 Å². The molecule has 0 saturated carbocycles. The molecule has 0 saturated heterocycles. The van der Waals surface area contributed by atoms with Crippen LogP contribution in [0.3, 0.4) is 0 Å². The predicted octanol–water partition coefficient (Wildman–Crippen LogP) is 4.04. The Bertz CT molecular complexity index is 391. The third-order valence-corrected chi connectivity index (χ3v) is 3.17. The molecule has 0 fully saturated rings. The van der Waals surface area contributed by atoms with Gasteiger partial charge in [-0.25, -0.2) is 4.39 Å². The molecule has 2 nitrogen and oxygen atoms in total. The third-order valence-electron chi connectivity index (χ3n) is 2.56. The highest BCUT2D eigenvalue weighted by Gasteiger charge is 2.16. The van der Waals surface area contributed by atoms with Gasteiger partial charge in [-0.3, -0.25) is 0 Å². The van der Waals surface area contributed by atoms with E-state index in [0.717, 1.165) is 12.2 Å². The first-order chi connectivity index (χ1) is 7.82. The standard InChI is InChI=1S/C13H20BrFN2/c1-8(2)7-17(9(3)4)13-5-10(14)11(15)6-12(13)16/h5-6,8-9H,7,16H2,1-4H3. The zero-order valence-electron chi connectivity index (χ0n) is 10.8. The van der Waals surface area contributed by atoms with Crippen LogP contribution in [0.5, 0.6) is 0 Å². The number of rotatable bonds is 4. The third kappa shape index (κ3) is 3.60. The average molecular weight is 303 g/mol. The van der Waals surface area contributed by atoms with Crippen molar-refractivity contribution >= 4 is 27.3 Å². The van der Waals surface area contributed by atoms with Crippen LogP contribution in [0, 0.1) is 11.7 Å². The van der Waals surface area contributed by atoms with Crippen LogP contribution in [0.1, 0.15) is 27.7 Å². The van der Waals surface area contributed by atoms with E-state index < -0.39 is 0 Å². The van der Waals surface area contributed by atoms with E-state index in [9.17, 15) is 4.39 Å². The molecule has 1 aromatic rings. The molecule has 0 bridgehead atoms. The Morgan fingerprint density at radius 2 is 1.88 bits per heavy atom. The van der Waals surface area contributed by atoms with Gasteiger partial charge in [-0.2, -0.15) is 0 Å². The number of benzene rings is 1. The number of halogens is 2. The Morgan fingerprint density at radius 3 is 2.35 bits per heavy atom. The molecule has 0 aliphatic carbocycles. The number of anilines is 2. The first-order valence-electron chi connectivity index (χ1n) is 5.84. The molecule has 4 heteroatoms. The second-order valence-corrected chi connectivity index (χ2v) is 5.82. The number of nitrogens with zero attached hydrogens (tertiary/aromatic N) is 1. The van der Waals surface area contributed by atoms with Gasteiger partial charge < -0.3 is 10.6 Å². The molecule has 0 aromatic heterocycles. The zero-order valence-corrected chi connectivity index (χ0v) is 12.4. The van der Waals surface area contributed by atoms with Crippen molar-refractivity contribution in [3.63, 3.8) is 0 Å². The van der Waals surface area contributed by atoms with Gasteiger partial charge in [0.25, 0.3) is 0 Å². The van der Waals surface area contributed by atoms with E-state index in [4.69, 9.17) is 5.73 Å². The van der Waals surface area contributed by atoms with Crippen LogP contribution < -0.4 is 10.6 Å². The van der Waals surface area contributed by atoms with Gasteiger partial charge in [-0.15, -0.1) is 0 Å². The molecule has 0 amide bonds. The van der Waals surface area contributed by atoms with Crippen molar-refractivity contribution in [3.05, 3.63) is 22.4 Å². The van der Waals surface area contributed by atoms with Crippen LogP contribution in [0.2, 0.25) is 0 Å². The van der Waals surface area contributed by atoms with Crippen LogP contribution in [0.25, 0.3) is 0 Å². The van der Waals surface area contributed by atoms with Crippen molar-refractivity contribution in [1.29, 1.82) is 0 Å². The first kappa shape index (κ1) is 14.3. The quantitative estimate of drug-likeness (QED) is 0.851. The summed E-state index contributed by atoms with van der Waals surface area (Å²) in [6.07, 6.45) is 0. The summed E-state index contributed by atoms with van der Waals surface area (Å²) in [4.78, 5) is 2.20. The molecule has 17 heavy (non-hydrogen) atoms. The van der Waals surface area contributed by atoms with Crippen molar-refractivity contribution in [2.75, 3.05) is 17.2 Å². The van der Waals surface area contributed by atoms with Crippen LogP contribution in [-0.2, 0) is 0 Å². The summed E-state index contributed by atoms with van der Waals surface area (Å²) < 4.78 is 13.8. The highest BCUT2D eigenvalue weighted by molar-refractivity contribution is 9.10. The summed E-state index contributed by atoms with van der Waals surface area (Å²) >= 11 is 3.21. The largest absolute Gasteiger partial charge is 0.397 e. The maximum Gasteiger partial charge on any atom is 0.139 e.